The van der Waals surface area contributed by atoms with Gasteiger partial charge < -0.3 is 20.1 Å². The molecule has 2 rings (SSSR count). The van der Waals surface area contributed by atoms with Gasteiger partial charge in [0.2, 0.25) is 0 Å². The number of nitrogens with zero attached hydrogens (tertiary/aromatic N) is 2. The highest BCUT2D eigenvalue weighted by molar-refractivity contribution is 7.09. The standard InChI is InChI=1S/C20H30N4O2S/c1-14(2)19-24-17(13-27-19)12-23-20(21-4)22-11-16-7-6-15(3)10-18(16)26-9-8-25-5/h6-7,10,13-14H,8-9,11-12H2,1-5H3,(H2,21,22,23). The lowest BCUT2D eigenvalue weighted by molar-refractivity contribution is 0.145. The zero-order valence-electron chi connectivity index (χ0n) is 16.8. The van der Waals surface area contributed by atoms with Crippen LogP contribution in [0.4, 0.5) is 0 Å². The number of hydrogen-bond acceptors (Lipinski definition) is 5. The largest absolute Gasteiger partial charge is 0.491 e. The van der Waals surface area contributed by atoms with Crippen molar-refractivity contribution in [2.24, 2.45) is 4.99 Å². The number of hydrogen-bond donors (Lipinski definition) is 2. The topological polar surface area (TPSA) is 67.8 Å². The van der Waals surface area contributed by atoms with Crippen LogP contribution in [-0.4, -0.2) is 38.3 Å². The molecular weight excluding hydrogens is 360 g/mol. The third-order valence-electron chi connectivity index (χ3n) is 3.94. The number of aliphatic imine (C=N–C) groups is 1. The van der Waals surface area contributed by atoms with Gasteiger partial charge in [-0.05, 0) is 18.6 Å². The van der Waals surface area contributed by atoms with Gasteiger partial charge in [0.05, 0.1) is 23.9 Å². The van der Waals surface area contributed by atoms with Crippen molar-refractivity contribution < 1.29 is 9.47 Å². The molecule has 1 heterocycles. The Hall–Kier alpha value is -2.12. The Kier molecular flexibility index (Phi) is 8.54. The minimum Gasteiger partial charge on any atom is -0.491 e. The van der Waals surface area contributed by atoms with Crippen LogP contribution in [0.25, 0.3) is 0 Å². The van der Waals surface area contributed by atoms with Crippen molar-refractivity contribution in [3.05, 3.63) is 45.4 Å². The minimum absolute atomic E-state index is 0.458. The number of guanidine groups is 1. The van der Waals surface area contributed by atoms with Crippen LogP contribution in [0.3, 0.4) is 0 Å². The Morgan fingerprint density at radius 2 is 2.00 bits per heavy atom. The molecule has 0 atom stereocenters. The summed E-state index contributed by atoms with van der Waals surface area (Å²) in [5, 5.41) is 9.91. The smallest absolute Gasteiger partial charge is 0.191 e. The van der Waals surface area contributed by atoms with Crippen LogP contribution in [0.2, 0.25) is 0 Å². The van der Waals surface area contributed by atoms with Crippen LogP contribution in [0.1, 0.15) is 41.6 Å². The summed E-state index contributed by atoms with van der Waals surface area (Å²) >= 11 is 1.70. The van der Waals surface area contributed by atoms with E-state index in [2.05, 4.69) is 58.9 Å². The van der Waals surface area contributed by atoms with E-state index in [9.17, 15) is 0 Å². The van der Waals surface area contributed by atoms with Crippen molar-refractivity contribution in [1.29, 1.82) is 0 Å². The first-order valence-electron chi connectivity index (χ1n) is 9.13. The van der Waals surface area contributed by atoms with Gasteiger partial charge in [-0.25, -0.2) is 4.98 Å². The van der Waals surface area contributed by atoms with E-state index in [4.69, 9.17) is 9.47 Å². The second-order valence-electron chi connectivity index (χ2n) is 6.56. The van der Waals surface area contributed by atoms with Gasteiger partial charge in [-0.1, -0.05) is 26.0 Å². The number of benzene rings is 1. The summed E-state index contributed by atoms with van der Waals surface area (Å²) in [7, 11) is 3.44. The molecule has 6 nitrogen and oxygen atoms in total. The lowest BCUT2D eigenvalue weighted by Crippen LogP contribution is -2.36. The van der Waals surface area contributed by atoms with Crippen LogP contribution < -0.4 is 15.4 Å². The molecule has 0 spiro atoms. The number of nitrogens with one attached hydrogen (secondary N) is 2. The van der Waals surface area contributed by atoms with E-state index < -0.39 is 0 Å². The normalized spacial score (nSPS) is 11.7. The van der Waals surface area contributed by atoms with Crippen LogP contribution in [0.15, 0.2) is 28.6 Å². The van der Waals surface area contributed by atoms with Gasteiger partial charge in [0, 0.05) is 37.6 Å². The third kappa shape index (κ3) is 6.84. The molecule has 0 aliphatic heterocycles. The molecule has 2 aromatic rings. The van der Waals surface area contributed by atoms with E-state index in [0.29, 0.717) is 32.2 Å². The fourth-order valence-electron chi connectivity index (χ4n) is 2.42. The molecular formula is C20H30N4O2S. The van der Waals surface area contributed by atoms with Crippen molar-refractivity contribution in [1.82, 2.24) is 15.6 Å². The lowest BCUT2D eigenvalue weighted by Gasteiger charge is -2.15. The van der Waals surface area contributed by atoms with Gasteiger partial charge in [-0.15, -0.1) is 11.3 Å². The maximum absolute atomic E-state index is 5.84. The molecule has 0 fully saturated rings. The van der Waals surface area contributed by atoms with Gasteiger partial charge in [0.15, 0.2) is 5.96 Å². The highest BCUT2D eigenvalue weighted by Crippen LogP contribution is 2.21. The summed E-state index contributed by atoms with van der Waals surface area (Å²) in [6, 6.07) is 6.21. The van der Waals surface area contributed by atoms with Crippen LogP contribution >= 0.6 is 11.3 Å². The zero-order chi connectivity index (χ0) is 19.6. The van der Waals surface area contributed by atoms with E-state index in [1.807, 2.05) is 6.07 Å². The van der Waals surface area contributed by atoms with Crippen molar-refractivity contribution in [3.63, 3.8) is 0 Å². The molecule has 0 saturated carbocycles. The van der Waals surface area contributed by atoms with E-state index in [1.54, 1.807) is 25.5 Å². The molecule has 148 valence electrons. The third-order valence-corrected chi connectivity index (χ3v) is 5.13. The summed E-state index contributed by atoms with van der Waals surface area (Å²) in [4.78, 5) is 8.93. The predicted molar refractivity (Wildman–Crippen MR) is 112 cm³/mol. The number of aryl methyl sites for hydroxylation is 1. The van der Waals surface area contributed by atoms with Crippen LogP contribution in [0, 0.1) is 6.92 Å². The molecule has 1 aromatic heterocycles. The Morgan fingerprint density at radius 3 is 2.67 bits per heavy atom. The monoisotopic (exact) mass is 390 g/mol. The van der Waals surface area contributed by atoms with E-state index >= 15 is 0 Å². The maximum atomic E-state index is 5.84. The summed E-state index contributed by atoms with van der Waals surface area (Å²) in [5.74, 6) is 2.06. The first-order valence-corrected chi connectivity index (χ1v) is 10.0. The first kappa shape index (κ1) is 21.2. The Balaban J connectivity index is 1.91. The number of thiazole rings is 1. The van der Waals surface area contributed by atoms with Crippen molar-refractivity contribution in [2.75, 3.05) is 27.4 Å². The Morgan fingerprint density at radius 1 is 1.22 bits per heavy atom. The number of aromatic nitrogens is 1. The average Bonchev–Trinajstić information content (AvgIpc) is 3.13. The molecule has 7 heteroatoms. The number of methoxy groups -OCH3 is 1. The fraction of sp³-hybridized carbons (Fsp3) is 0.500. The second kappa shape index (κ2) is 10.9. The van der Waals surface area contributed by atoms with E-state index in [1.165, 1.54) is 0 Å². The number of ether oxygens (including phenoxy) is 2. The fourth-order valence-corrected chi connectivity index (χ4v) is 3.25. The molecule has 27 heavy (non-hydrogen) atoms. The van der Waals surface area contributed by atoms with Crippen molar-refractivity contribution >= 4 is 17.3 Å². The predicted octanol–water partition coefficient (Wildman–Crippen LogP) is 3.47. The zero-order valence-corrected chi connectivity index (χ0v) is 17.7. The molecule has 0 saturated heterocycles. The molecule has 0 bridgehead atoms. The van der Waals surface area contributed by atoms with Gasteiger partial charge in [0.1, 0.15) is 12.4 Å². The summed E-state index contributed by atoms with van der Waals surface area (Å²) in [6.45, 7) is 8.73. The van der Waals surface area contributed by atoms with Crippen LogP contribution in [-0.2, 0) is 17.8 Å². The Bertz CT molecular complexity index is 743. The van der Waals surface area contributed by atoms with Gasteiger partial charge >= 0.3 is 0 Å². The Labute approximate surface area is 166 Å². The van der Waals surface area contributed by atoms with E-state index in [0.717, 1.165) is 33.5 Å². The molecule has 0 unspecified atom stereocenters. The van der Waals surface area contributed by atoms with Gasteiger partial charge in [-0.3, -0.25) is 4.99 Å². The molecule has 0 amide bonds. The molecule has 1 aromatic carbocycles. The van der Waals surface area contributed by atoms with Crippen molar-refractivity contribution in [2.45, 2.75) is 39.8 Å². The van der Waals surface area contributed by atoms with E-state index in [-0.39, 0.29) is 0 Å². The maximum Gasteiger partial charge on any atom is 0.191 e. The summed E-state index contributed by atoms with van der Waals surface area (Å²) in [6.07, 6.45) is 0. The highest BCUT2D eigenvalue weighted by Gasteiger charge is 2.08. The average molecular weight is 391 g/mol. The van der Waals surface area contributed by atoms with Gasteiger partial charge in [0.25, 0.3) is 0 Å². The van der Waals surface area contributed by atoms with Crippen molar-refractivity contribution in [3.8, 4) is 5.75 Å². The SMILES string of the molecule is CN=C(NCc1csc(C(C)C)n1)NCc1ccc(C)cc1OCCOC. The van der Waals surface area contributed by atoms with Gasteiger partial charge in [-0.2, -0.15) is 0 Å². The molecule has 0 radical (unpaired) electrons. The molecule has 0 aliphatic rings. The van der Waals surface area contributed by atoms with Crippen LogP contribution in [0.5, 0.6) is 5.75 Å². The molecule has 2 N–H and O–H groups in total. The highest BCUT2D eigenvalue weighted by atomic mass is 32.1. The summed E-state index contributed by atoms with van der Waals surface area (Å²) < 4.78 is 10.9. The summed E-state index contributed by atoms with van der Waals surface area (Å²) in [5.41, 5.74) is 3.28. The molecule has 0 aliphatic carbocycles. The quantitative estimate of drug-likeness (QED) is 0.390. The number of rotatable bonds is 9. The first-order chi connectivity index (χ1) is 13.0. The lowest BCUT2D eigenvalue weighted by atomic mass is 10.1. The minimum atomic E-state index is 0.458. The second-order valence-corrected chi connectivity index (χ2v) is 7.45.